The Morgan fingerprint density at radius 2 is 1.69 bits per heavy atom. The van der Waals surface area contributed by atoms with Gasteiger partial charge < -0.3 is 5.48 Å². The van der Waals surface area contributed by atoms with Gasteiger partial charge in [-0.1, -0.05) is 23.7 Å². The second-order valence-corrected chi connectivity index (χ2v) is 3.70. The average molecular weight is 234 g/mol. The van der Waals surface area contributed by atoms with E-state index >= 15 is 0 Å². The zero-order valence-corrected chi connectivity index (χ0v) is 10.4. The minimum Gasteiger partial charge on any atom is -0.412 e. The molecule has 0 fully saturated rings. The Labute approximate surface area is 103 Å². The van der Waals surface area contributed by atoms with Crippen molar-refractivity contribution in [3.05, 3.63) is 29.3 Å². The van der Waals surface area contributed by atoms with Crippen molar-refractivity contribution in [1.29, 1.82) is 0 Å². The van der Waals surface area contributed by atoms with Gasteiger partial charge in [-0.2, -0.15) is 8.42 Å². The summed E-state index contributed by atoms with van der Waals surface area (Å²) in [5.41, 5.74) is 0. The first-order valence-electron chi connectivity index (χ1n) is 2.74. The molecule has 0 saturated carbocycles. The molecule has 0 aliphatic rings. The van der Waals surface area contributed by atoms with Crippen LogP contribution in [0.1, 0.15) is 0 Å². The van der Waals surface area contributed by atoms with E-state index in [1.54, 1.807) is 6.07 Å². The van der Waals surface area contributed by atoms with Gasteiger partial charge in [0.25, 0.3) is 10.1 Å². The predicted molar refractivity (Wildman–Crippen MR) is 44.9 cm³/mol. The van der Waals surface area contributed by atoms with E-state index in [-0.39, 0.29) is 45.0 Å². The molecule has 4 nitrogen and oxygen atoms in total. The van der Waals surface area contributed by atoms with E-state index in [9.17, 15) is 8.42 Å². The fraction of sp³-hybridized carbons (Fsp3) is 0. The van der Waals surface area contributed by atoms with Gasteiger partial charge in [-0.25, -0.2) is 0 Å². The SMILES string of the molecule is O.O=S(=O)(O)c1ccccc1Cl.[Na+]. The van der Waals surface area contributed by atoms with E-state index in [1.165, 1.54) is 18.2 Å². The summed E-state index contributed by atoms with van der Waals surface area (Å²) in [5, 5.41) is 0.0231. The Morgan fingerprint density at radius 3 is 2.00 bits per heavy atom. The van der Waals surface area contributed by atoms with Crippen LogP contribution in [0.4, 0.5) is 0 Å². The number of halogens is 1. The fourth-order valence-corrected chi connectivity index (χ4v) is 1.65. The largest absolute Gasteiger partial charge is 1.00 e. The van der Waals surface area contributed by atoms with Gasteiger partial charge in [0, 0.05) is 0 Å². The van der Waals surface area contributed by atoms with Gasteiger partial charge in [-0.15, -0.1) is 0 Å². The van der Waals surface area contributed by atoms with E-state index in [2.05, 4.69) is 0 Å². The Morgan fingerprint density at radius 1 is 1.23 bits per heavy atom. The second kappa shape index (κ2) is 5.98. The molecular weight excluding hydrogens is 227 g/mol. The number of hydrogen-bond acceptors (Lipinski definition) is 2. The van der Waals surface area contributed by atoms with Crippen molar-refractivity contribution in [2.45, 2.75) is 4.90 Å². The van der Waals surface area contributed by atoms with Crippen LogP contribution in [0.3, 0.4) is 0 Å². The summed E-state index contributed by atoms with van der Waals surface area (Å²) in [7, 11) is -4.17. The molecule has 1 aromatic rings. The van der Waals surface area contributed by atoms with Crippen LogP contribution in [0.5, 0.6) is 0 Å². The quantitative estimate of drug-likeness (QED) is 0.440. The molecular formula is C6H7ClNaO4S+. The maximum Gasteiger partial charge on any atom is 1.00 e. The standard InChI is InChI=1S/C6H5ClO3S.Na.H2O/c7-5-3-1-2-4-6(5)11(8,9)10;;/h1-4H,(H,8,9,10);;1H2/q;+1;. The molecule has 7 heteroatoms. The van der Waals surface area contributed by atoms with Crippen molar-refractivity contribution in [2.75, 3.05) is 0 Å². The Hall–Kier alpha value is 0.380. The molecule has 0 aliphatic heterocycles. The van der Waals surface area contributed by atoms with E-state index in [1.807, 2.05) is 0 Å². The van der Waals surface area contributed by atoms with Crippen molar-refractivity contribution in [1.82, 2.24) is 0 Å². The van der Waals surface area contributed by atoms with Crippen LogP contribution >= 0.6 is 11.6 Å². The van der Waals surface area contributed by atoms with Crippen LogP contribution in [0, 0.1) is 0 Å². The van der Waals surface area contributed by atoms with Crippen molar-refractivity contribution < 1.29 is 48.0 Å². The van der Waals surface area contributed by atoms with Gasteiger partial charge in [-0.05, 0) is 12.1 Å². The van der Waals surface area contributed by atoms with Gasteiger partial charge in [0.05, 0.1) is 5.02 Å². The van der Waals surface area contributed by atoms with Crippen molar-refractivity contribution in [3.63, 3.8) is 0 Å². The molecule has 0 aromatic heterocycles. The molecule has 0 heterocycles. The predicted octanol–water partition coefficient (Wildman–Crippen LogP) is -2.23. The Kier molecular flexibility index (Phi) is 7.28. The molecule has 0 unspecified atom stereocenters. The molecule has 0 amide bonds. The summed E-state index contributed by atoms with van der Waals surface area (Å²) < 4.78 is 29.6. The monoisotopic (exact) mass is 233 g/mol. The Balaban J connectivity index is 0. The van der Waals surface area contributed by atoms with E-state index in [0.29, 0.717) is 0 Å². The van der Waals surface area contributed by atoms with E-state index in [4.69, 9.17) is 16.2 Å². The first kappa shape index (κ1) is 15.8. The molecule has 68 valence electrons. The Bertz CT molecular complexity index is 365. The van der Waals surface area contributed by atoms with Crippen molar-refractivity contribution >= 4 is 21.7 Å². The van der Waals surface area contributed by atoms with Gasteiger partial charge in [0.1, 0.15) is 4.90 Å². The zero-order valence-electron chi connectivity index (χ0n) is 6.86. The maximum atomic E-state index is 10.5. The van der Waals surface area contributed by atoms with Crippen LogP contribution in [0.15, 0.2) is 29.2 Å². The van der Waals surface area contributed by atoms with Crippen LogP contribution in [0.25, 0.3) is 0 Å². The third kappa shape index (κ3) is 4.42. The third-order valence-electron chi connectivity index (χ3n) is 1.11. The van der Waals surface area contributed by atoms with Crippen LogP contribution in [0.2, 0.25) is 5.02 Å². The normalized spacial score (nSPS) is 9.69. The summed E-state index contributed by atoms with van der Waals surface area (Å²) in [4.78, 5) is -0.262. The molecule has 3 N–H and O–H groups in total. The molecule has 0 saturated heterocycles. The molecule has 0 atom stereocenters. The maximum absolute atomic E-state index is 10.5. The first-order chi connectivity index (χ1) is 5.02. The second-order valence-electron chi connectivity index (χ2n) is 1.91. The summed E-state index contributed by atoms with van der Waals surface area (Å²) in [6.45, 7) is 0. The minimum atomic E-state index is -4.17. The van der Waals surface area contributed by atoms with Crippen LogP contribution < -0.4 is 29.6 Å². The summed E-state index contributed by atoms with van der Waals surface area (Å²) in [6.07, 6.45) is 0. The van der Waals surface area contributed by atoms with Gasteiger partial charge in [0.15, 0.2) is 0 Å². The van der Waals surface area contributed by atoms with E-state index < -0.39 is 10.1 Å². The molecule has 0 aliphatic carbocycles. The number of benzene rings is 1. The molecule has 1 rings (SSSR count). The molecule has 1 aromatic carbocycles. The molecule has 13 heavy (non-hydrogen) atoms. The first-order valence-corrected chi connectivity index (χ1v) is 4.55. The molecule has 0 bridgehead atoms. The van der Waals surface area contributed by atoms with Gasteiger partial charge >= 0.3 is 29.6 Å². The summed E-state index contributed by atoms with van der Waals surface area (Å²) in [5.74, 6) is 0. The average Bonchev–Trinajstić information content (AvgIpc) is 1.86. The molecule has 0 radical (unpaired) electrons. The minimum absolute atomic E-state index is 0. The van der Waals surface area contributed by atoms with Gasteiger partial charge in [-0.3, -0.25) is 4.55 Å². The van der Waals surface area contributed by atoms with Crippen LogP contribution in [-0.4, -0.2) is 18.4 Å². The smallest absolute Gasteiger partial charge is 0.412 e. The molecule has 0 spiro atoms. The van der Waals surface area contributed by atoms with Crippen molar-refractivity contribution in [3.8, 4) is 0 Å². The van der Waals surface area contributed by atoms with Crippen LogP contribution in [-0.2, 0) is 10.1 Å². The number of rotatable bonds is 1. The van der Waals surface area contributed by atoms with Gasteiger partial charge in [0.2, 0.25) is 0 Å². The fourth-order valence-electron chi connectivity index (χ4n) is 0.654. The summed E-state index contributed by atoms with van der Waals surface area (Å²) in [6, 6.07) is 5.69. The topological polar surface area (TPSA) is 85.9 Å². The van der Waals surface area contributed by atoms with E-state index in [0.717, 1.165) is 0 Å². The summed E-state index contributed by atoms with van der Waals surface area (Å²) >= 11 is 5.47. The third-order valence-corrected chi connectivity index (χ3v) is 2.47. The zero-order chi connectivity index (χ0) is 8.48. The van der Waals surface area contributed by atoms with Crippen molar-refractivity contribution in [2.24, 2.45) is 0 Å². The number of hydrogen-bond donors (Lipinski definition) is 1.